The predicted octanol–water partition coefficient (Wildman–Crippen LogP) is 0.682. The molecule has 0 saturated heterocycles. The summed E-state index contributed by atoms with van der Waals surface area (Å²) < 4.78 is 23.5. The predicted molar refractivity (Wildman–Crippen MR) is 74.4 cm³/mol. The molecule has 0 heterocycles. The quantitative estimate of drug-likeness (QED) is 0.825. The lowest BCUT2D eigenvalue weighted by Gasteiger charge is -2.39. The second-order valence-corrected chi connectivity index (χ2v) is 8.53. The van der Waals surface area contributed by atoms with Crippen molar-refractivity contribution < 1.29 is 13.2 Å². The molecule has 0 aliphatic heterocycles. The van der Waals surface area contributed by atoms with E-state index in [4.69, 9.17) is 5.73 Å². The maximum atomic E-state index is 12.3. The minimum absolute atomic E-state index is 0.0113. The summed E-state index contributed by atoms with van der Waals surface area (Å²) in [5.41, 5.74) is 5.75. The maximum absolute atomic E-state index is 12.3. The number of carbonyl (C=O) groups excluding carboxylic acids is 1. The number of carbonyl (C=O) groups is 1. The van der Waals surface area contributed by atoms with Gasteiger partial charge in [0.15, 0.2) is 9.84 Å². The Kier molecular flexibility index (Phi) is 3.93. The molecule has 2 aliphatic carbocycles. The summed E-state index contributed by atoms with van der Waals surface area (Å²) in [7, 11) is -1.37. The van der Waals surface area contributed by atoms with Crippen LogP contribution in [0.5, 0.6) is 0 Å². The highest BCUT2D eigenvalue weighted by atomic mass is 32.2. The number of sulfone groups is 1. The second kappa shape index (κ2) is 5.05. The molecular weight excluding hydrogens is 264 g/mol. The normalized spacial score (nSPS) is 29.8. The third kappa shape index (κ3) is 3.11. The minimum Gasteiger partial charge on any atom is -0.341 e. The number of amides is 1. The van der Waals surface area contributed by atoms with Crippen LogP contribution in [0.4, 0.5) is 0 Å². The monoisotopic (exact) mass is 288 g/mol. The van der Waals surface area contributed by atoms with Crippen molar-refractivity contribution in [1.29, 1.82) is 0 Å². The van der Waals surface area contributed by atoms with Gasteiger partial charge in [-0.05, 0) is 38.5 Å². The summed E-state index contributed by atoms with van der Waals surface area (Å²) in [5.74, 6) is -0.0113. The van der Waals surface area contributed by atoms with Gasteiger partial charge in [0.2, 0.25) is 5.91 Å². The number of nitrogens with zero attached hydrogens (tertiary/aromatic N) is 1. The van der Waals surface area contributed by atoms with E-state index in [9.17, 15) is 13.2 Å². The van der Waals surface area contributed by atoms with E-state index in [0.29, 0.717) is 12.8 Å². The van der Waals surface area contributed by atoms with Gasteiger partial charge in [0.05, 0.1) is 5.25 Å². The molecule has 0 aromatic heterocycles. The Balaban J connectivity index is 2.02. The van der Waals surface area contributed by atoms with Crippen molar-refractivity contribution in [2.45, 2.75) is 61.8 Å². The molecule has 110 valence electrons. The fraction of sp³-hybridized carbons (Fsp3) is 0.923. The van der Waals surface area contributed by atoms with E-state index in [1.807, 2.05) is 0 Å². The topological polar surface area (TPSA) is 80.5 Å². The van der Waals surface area contributed by atoms with E-state index >= 15 is 0 Å². The molecule has 2 atom stereocenters. The van der Waals surface area contributed by atoms with Gasteiger partial charge in [-0.1, -0.05) is 0 Å². The second-order valence-electron chi connectivity index (χ2n) is 6.26. The van der Waals surface area contributed by atoms with Crippen LogP contribution in [0.15, 0.2) is 0 Å². The van der Waals surface area contributed by atoms with Crippen LogP contribution >= 0.6 is 0 Å². The first-order chi connectivity index (χ1) is 8.73. The van der Waals surface area contributed by atoms with Crippen molar-refractivity contribution in [3.63, 3.8) is 0 Å². The first-order valence-electron chi connectivity index (χ1n) is 6.96. The molecule has 1 amide bonds. The number of nitrogens with two attached hydrogens (primary N) is 1. The summed E-state index contributed by atoms with van der Waals surface area (Å²) in [5, 5.41) is -0.406. The molecule has 0 radical (unpaired) electrons. The maximum Gasteiger partial charge on any atom is 0.224 e. The summed E-state index contributed by atoms with van der Waals surface area (Å²) in [4.78, 5) is 13.9. The zero-order valence-corrected chi connectivity index (χ0v) is 12.6. The molecule has 0 aromatic rings. The van der Waals surface area contributed by atoms with Gasteiger partial charge in [-0.15, -0.1) is 0 Å². The molecule has 19 heavy (non-hydrogen) atoms. The molecule has 2 rings (SSSR count). The molecule has 2 aliphatic rings. The SMILES string of the molecule is CN(C(=O)CC1(N)CCC1)[C@@H]1CCC[C@@H]1S(C)(=O)=O. The summed E-state index contributed by atoms with van der Waals surface area (Å²) in [6.45, 7) is 0. The highest BCUT2D eigenvalue weighted by Gasteiger charge is 2.41. The molecule has 5 nitrogen and oxygen atoms in total. The summed E-state index contributed by atoms with van der Waals surface area (Å²) in [6.07, 6.45) is 6.80. The molecule has 2 fully saturated rings. The average Bonchev–Trinajstić information content (AvgIpc) is 2.74. The third-order valence-electron chi connectivity index (χ3n) is 4.71. The average molecular weight is 288 g/mol. The highest BCUT2D eigenvalue weighted by Crippen LogP contribution is 2.34. The van der Waals surface area contributed by atoms with E-state index in [-0.39, 0.29) is 17.5 Å². The van der Waals surface area contributed by atoms with Crippen LogP contribution in [0.3, 0.4) is 0 Å². The van der Waals surface area contributed by atoms with E-state index in [1.54, 1.807) is 11.9 Å². The zero-order chi connectivity index (χ0) is 14.3. The van der Waals surface area contributed by atoms with Crippen LogP contribution in [0, 0.1) is 0 Å². The van der Waals surface area contributed by atoms with Gasteiger partial charge in [0.25, 0.3) is 0 Å². The molecule has 0 aromatic carbocycles. The van der Waals surface area contributed by atoms with E-state index in [0.717, 1.165) is 32.1 Å². The fourth-order valence-corrected chi connectivity index (χ4v) is 4.75. The van der Waals surface area contributed by atoms with Crippen LogP contribution in [-0.4, -0.2) is 49.4 Å². The third-order valence-corrected chi connectivity index (χ3v) is 6.36. The molecule has 6 heteroatoms. The van der Waals surface area contributed by atoms with Crippen LogP contribution in [0.2, 0.25) is 0 Å². The van der Waals surface area contributed by atoms with Gasteiger partial charge < -0.3 is 10.6 Å². The lowest BCUT2D eigenvalue weighted by atomic mass is 9.75. The lowest BCUT2D eigenvalue weighted by Crippen LogP contribution is -2.52. The number of hydrogen-bond acceptors (Lipinski definition) is 4. The number of hydrogen-bond donors (Lipinski definition) is 1. The van der Waals surface area contributed by atoms with Crippen molar-refractivity contribution in [3.05, 3.63) is 0 Å². The van der Waals surface area contributed by atoms with Crippen molar-refractivity contribution in [1.82, 2.24) is 4.90 Å². The van der Waals surface area contributed by atoms with Crippen molar-refractivity contribution >= 4 is 15.7 Å². The Morgan fingerprint density at radius 1 is 1.32 bits per heavy atom. The molecule has 0 bridgehead atoms. The van der Waals surface area contributed by atoms with E-state index < -0.39 is 15.1 Å². The molecule has 2 N–H and O–H groups in total. The smallest absolute Gasteiger partial charge is 0.224 e. The van der Waals surface area contributed by atoms with Gasteiger partial charge in [0, 0.05) is 31.3 Å². The Labute approximate surface area is 115 Å². The van der Waals surface area contributed by atoms with Gasteiger partial charge in [-0.25, -0.2) is 8.42 Å². The van der Waals surface area contributed by atoms with Crippen LogP contribution < -0.4 is 5.73 Å². The van der Waals surface area contributed by atoms with Crippen LogP contribution in [0.25, 0.3) is 0 Å². The Bertz CT molecular complexity index is 457. The molecule has 0 unspecified atom stereocenters. The van der Waals surface area contributed by atoms with Crippen molar-refractivity contribution in [3.8, 4) is 0 Å². The number of rotatable bonds is 4. The minimum atomic E-state index is -3.09. The zero-order valence-electron chi connectivity index (χ0n) is 11.8. The molecule has 0 spiro atoms. The summed E-state index contributed by atoms with van der Waals surface area (Å²) in [6, 6.07) is -0.175. The van der Waals surface area contributed by atoms with E-state index in [1.165, 1.54) is 6.26 Å². The Hall–Kier alpha value is -0.620. The standard InChI is InChI=1S/C13H24N2O3S/c1-15(12(16)9-13(14)7-4-8-13)10-5-3-6-11(10)19(2,17)18/h10-11H,3-9,14H2,1-2H3/t10-,11+/m1/s1. The Morgan fingerprint density at radius 3 is 2.42 bits per heavy atom. The molecular formula is C13H24N2O3S. The largest absolute Gasteiger partial charge is 0.341 e. The van der Waals surface area contributed by atoms with Gasteiger partial charge in [-0.3, -0.25) is 4.79 Å². The van der Waals surface area contributed by atoms with Gasteiger partial charge >= 0.3 is 0 Å². The summed E-state index contributed by atoms with van der Waals surface area (Å²) >= 11 is 0. The molecule has 2 saturated carbocycles. The van der Waals surface area contributed by atoms with E-state index in [2.05, 4.69) is 0 Å². The van der Waals surface area contributed by atoms with Crippen LogP contribution in [-0.2, 0) is 14.6 Å². The first-order valence-corrected chi connectivity index (χ1v) is 8.92. The van der Waals surface area contributed by atoms with Crippen molar-refractivity contribution in [2.24, 2.45) is 5.73 Å². The highest BCUT2D eigenvalue weighted by molar-refractivity contribution is 7.91. The van der Waals surface area contributed by atoms with Crippen LogP contribution in [0.1, 0.15) is 44.9 Å². The van der Waals surface area contributed by atoms with Gasteiger partial charge in [-0.2, -0.15) is 0 Å². The fourth-order valence-electron chi connectivity index (χ4n) is 3.27. The van der Waals surface area contributed by atoms with Crippen molar-refractivity contribution in [2.75, 3.05) is 13.3 Å². The van der Waals surface area contributed by atoms with Gasteiger partial charge in [0.1, 0.15) is 0 Å². The first kappa shape index (κ1) is 14.8. The lowest BCUT2D eigenvalue weighted by molar-refractivity contribution is -0.133. The Morgan fingerprint density at radius 2 is 1.95 bits per heavy atom.